The topological polar surface area (TPSA) is 30.7 Å². The molecule has 2 aromatic rings. The zero-order valence-corrected chi connectivity index (χ0v) is 8.65. The number of pyridine rings is 1. The number of rotatable bonds is 1. The highest BCUT2D eigenvalue weighted by Gasteiger charge is 2.10. The van der Waals surface area contributed by atoms with Crippen LogP contribution in [0.4, 0.5) is 0 Å². The average molecular weight is 185 g/mol. The number of hydrogen-bond donors (Lipinski definition) is 0. The van der Waals surface area contributed by atoms with Crippen molar-refractivity contribution in [2.24, 2.45) is 0 Å². The van der Waals surface area contributed by atoms with Gasteiger partial charge in [0.15, 0.2) is 5.65 Å². The zero-order chi connectivity index (χ0) is 10.3. The zero-order valence-electron chi connectivity index (χ0n) is 8.65. The Balaban J connectivity index is 2.79. The van der Waals surface area contributed by atoms with Crippen LogP contribution in [0.25, 0.3) is 11.2 Å². The van der Waals surface area contributed by atoms with E-state index in [9.17, 15) is 0 Å². The average Bonchev–Trinajstić information content (AvgIpc) is 2.40. The van der Waals surface area contributed by atoms with Crippen LogP contribution >= 0.6 is 0 Å². The van der Waals surface area contributed by atoms with Crippen LogP contribution in [0.15, 0.2) is 12.3 Å². The van der Waals surface area contributed by atoms with Crippen molar-refractivity contribution in [3.8, 4) is 0 Å². The van der Waals surface area contributed by atoms with Crippen LogP contribution in [0, 0.1) is 6.92 Å². The van der Waals surface area contributed by atoms with Crippen molar-refractivity contribution in [2.45, 2.75) is 26.8 Å². The van der Waals surface area contributed by atoms with Crippen molar-refractivity contribution >= 4 is 24.5 Å². The number of hydrogen-bond acceptors (Lipinski definition) is 2. The fourth-order valence-electron chi connectivity index (χ4n) is 1.76. The van der Waals surface area contributed by atoms with Crippen LogP contribution < -0.4 is 5.46 Å². The molecule has 0 aromatic carbocycles. The third kappa shape index (κ3) is 1.31. The van der Waals surface area contributed by atoms with Gasteiger partial charge in [-0.3, -0.25) is 0 Å². The first kappa shape index (κ1) is 9.25. The van der Waals surface area contributed by atoms with E-state index in [1.807, 2.05) is 13.0 Å². The second-order valence-corrected chi connectivity index (χ2v) is 3.73. The van der Waals surface area contributed by atoms with Crippen LogP contribution in [0.3, 0.4) is 0 Å². The fraction of sp³-hybridized carbons (Fsp3) is 0.400. The molecule has 2 radical (unpaired) electrons. The lowest BCUT2D eigenvalue weighted by Crippen LogP contribution is -2.07. The number of aromatic nitrogens is 3. The van der Waals surface area contributed by atoms with Gasteiger partial charge in [-0.1, -0.05) is 5.46 Å². The summed E-state index contributed by atoms with van der Waals surface area (Å²) in [5.41, 5.74) is 2.46. The lowest BCUT2D eigenvalue weighted by atomic mass is 9.99. The van der Waals surface area contributed by atoms with Crippen LogP contribution in [0.1, 0.15) is 25.7 Å². The fourth-order valence-corrected chi connectivity index (χ4v) is 1.76. The van der Waals surface area contributed by atoms with E-state index in [2.05, 4.69) is 28.4 Å². The van der Waals surface area contributed by atoms with E-state index in [4.69, 9.17) is 7.85 Å². The van der Waals surface area contributed by atoms with E-state index < -0.39 is 0 Å². The summed E-state index contributed by atoms with van der Waals surface area (Å²) in [5, 5.41) is 0. The largest absolute Gasteiger partial charge is 0.324 e. The summed E-state index contributed by atoms with van der Waals surface area (Å²) in [7, 11) is 5.70. The maximum atomic E-state index is 5.70. The quantitative estimate of drug-likeness (QED) is 0.623. The second-order valence-electron chi connectivity index (χ2n) is 3.73. The first-order chi connectivity index (χ1) is 6.59. The van der Waals surface area contributed by atoms with Gasteiger partial charge in [0.25, 0.3) is 0 Å². The highest BCUT2D eigenvalue weighted by molar-refractivity contribution is 6.32. The molecule has 0 bridgehead atoms. The van der Waals surface area contributed by atoms with Gasteiger partial charge < -0.3 is 4.57 Å². The molecule has 0 atom stereocenters. The Labute approximate surface area is 84.6 Å². The van der Waals surface area contributed by atoms with E-state index in [0.29, 0.717) is 11.5 Å². The summed E-state index contributed by atoms with van der Waals surface area (Å²) in [6, 6.07) is 2.30. The number of imidazole rings is 1. The Morgan fingerprint density at radius 3 is 2.79 bits per heavy atom. The third-order valence-electron chi connectivity index (χ3n) is 2.26. The molecule has 0 saturated carbocycles. The predicted octanol–water partition coefficient (Wildman–Crippen LogP) is 1.11. The van der Waals surface area contributed by atoms with Crippen molar-refractivity contribution in [2.75, 3.05) is 0 Å². The maximum absolute atomic E-state index is 5.70. The molecule has 2 heterocycles. The molecule has 2 aromatic heterocycles. The van der Waals surface area contributed by atoms with Crippen molar-refractivity contribution in [3.63, 3.8) is 0 Å². The van der Waals surface area contributed by atoms with Crippen molar-refractivity contribution in [1.29, 1.82) is 0 Å². The standard InChI is InChI=1S/C10H12BN3/c1-6(2)14-7(3)13-10-9(14)4-8(11)5-12-10/h4-6H,1-3H3. The van der Waals surface area contributed by atoms with E-state index in [1.54, 1.807) is 6.20 Å². The molecular formula is C10H12BN3. The first-order valence-electron chi connectivity index (χ1n) is 4.69. The van der Waals surface area contributed by atoms with Crippen molar-refractivity contribution < 1.29 is 0 Å². The number of nitrogens with zero attached hydrogens (tertiary/aromatic N) is 3. The van der Waals surface area contributed by atoms with E-state index in [-0.39, 0.29) is 0 Å². The Morgan fingerprint density at radius 2 is 2.14 bits per heavy atom. The third-order valence-corrected chi connectivity index (χ3v) is 2.26. The van der Waals surface area contributed by atoms with Gasteiger partial charge in [0, 0.05) is 12.2 Å². The number of fused-ring (bicyclic) bond motifs is 1. The highest BCUT2D eigenvalue weighted by atomic mass is 15.1. The molecule has 0 aliphatic carbocycles. The van der Waals surface area contributed by atoms with Gasteiger partial charge in [0.2, 0.25) is 0 Å². The molecular weight excluding hydrogens is 173 g/mol. The summed E-state index contributed by atoms with van der Waals surface area (Å²) in [5.74, 6) is 0.980. The van der Waals surface area contributed by atoms with Gasteiger partial charge in [0.05, 0.1) is 5.52 Å². The van der Waals surface area contributed by atoms with Crippen LogP contribution in [0.5, 0.6) is 0 Å². The molecule has 2 rings (SSSR count). The van der Waals surface area contributed by atoms with Gasteiger partial charge in [-0.25, -0.2) is 9.97 Å². The van der Waals surface area contributed by atoms with Crippen LogP contribution in [-0.4, -0.2) is 22.4 Å². The molecule has 0 unspecified atom stereocenters. The minimum absolute atomic E-state index is 0.378. The minimum Gasteiger partial charge on any atom is -0.324 e. The maximum Gasteiger partial charge on any atom is 0.177 e. The summed E-state index contributed by atoms with van der Waals surface area (Å²) >= 11 is 0. The van der Waals surface area contributed by atoms with Crippen molar-refractivity contribution in [3.05, 3.63) is 18.1 Å². The van der Waals surface area contributed by atoms with E-state index >= 15 is 0 Å². The predicted molar refractivity (Wildman–Crippen MR) is 58.0 cm³/mol. The Bertz CT molecular complexity index is 473. The summed E-state index contributed by atoms with van der Waals surface area (Å²) in [4.78, 5) is 8.56. The van der Waals surface area contributed by atoms with Gasteiger partial charge in [-0.05, 0) is 26.8 Å². The van der Waals surface area contributed by atoms with Gasteiger partial charge in [-0.15, -0.1) is 0 Å². The lowest BCUT2D eigenvalue weighted by Gasteiger charge is -2.10. The lowest BCUT2D eigenvalue weighted by molar-refractivity contribution is 0.600. The van der Waals surface area contributed by atoms with E-state index in [1.165, 1.54) is 0 Å². The van der Waals surface area contributed by atoms with Crippen LogP contribution in [0.2, 0.25) is 0 Å². The SMILES string of the molecule is [B]c1cnc2nc(C)n(C(C)C)c2c1. The Kier molecular flexibility index (Phi) is 2.06. The molecule has 14 heavy (non-hydrogen) atoms. The van der Waals surface area contributed by atoms with Gasteiger partial charge >= 0.3 is 0 Å². The monoisotopic (exact) mass is 185 g/mol. The smallest absolute Gasteiger partial charge is 0.177 e. The molecule has 3 nitrogen and oxygen atoms in total. The first-order valence-corrected chi connectivity index (χ1v) is 4.69. The molecule has 70 valence electrons. The summed E-state index contributed by atoms with van der Waals surface area (Å²) in [6.07, 6.45) is 1.64. The van der Waals surface area contributed by atoms with Crippen molar-refractivity contribution in [1.82, 2.24) is 14.5 Å². The molecule has 0 saturated heterocycles. The Morgan fingerprint density at radius 1 is 1.43 bits per heavy atom. The Hall–Kier alpha value is -1.32. The molecule has 0 fully saturated rings. The molecule has 0 spiro atoms. The summed E-state index contributed by atoms with van der Waals surface area (Å²) < 4.78 is 2.14. The van der Waals surface area contributed by atoms with E-state index in [0.717, 1.165) is 17.0 Å². The molecule has 4 heteroatoms. The molecule has 0 aliphatic heterocycles. The second kappa shape index (κ2) is 3.12. The number of aryl methyl sites for hydroxylation is 1. The normalized spacial score (nSPS) is 11.4. The highest BCUT2D eigenvalue weighted by Crippen LogP contribution is 2.17. The molecule has 0 amide bonds. The minimum atomic E-state index is 0.378. The molecule has 0 N–H and O–H groups in total. The van der Waals surface area contributed by atoms with Gasteiger partial charge in [-0.2, -0.15) is 0 Å². The van der Waals surface area contributed by atoms with Gasteiger partial charge in [0.1, 0.15) is 13.7 Å². The summed E-state index contributed by atoms with van der Waals surface area (Å²) in [6.45, 7) is 6.23. The van der Waals surface area contributed by atoms with Crippen LogP contribution in [-0.2, 0) is 0 Å². The molecule has 0 aliphatic rings.